The van der Waals surface area contributed by atoms with Crippen LogP contribution in [0.25, 0.3) is 0 Å². The molecule has 0 spiro atoms. The van der Waals surface area contributed by atoms with Gasteiger partial charge in [0.05, 0.1) is 11.7 Å². The molecule has 0 aliphatic rings. The minimum absolute atomic E-state index is 0.115. The van der Waals surface area contributed by atoms with E-state index in [9.17, 15) is 5.11 Å². The summed E-state index contributed by atoms with van der Waals surface area (Å²) in [6, 6.07) is 0. The summed E-state index contributed by atoms with van der Waals surface area (Å²) in [7, 11) is 0. The predicted octanol–water partition coefficient (Wildman–Crippen LogP) is 5.97. The van der Waals surface area contributed by atoms with Crippen molar-refractivity contribution >= 4 is 0 Å². The van der Waals surface area contributed by atoms with E-state index in [0.29, 0.717) is 5.92 Å². The van der Waals surface area contributed by atoms with Crippen molar-refractivity contribution in [3.8, 4) is 0 Å². The third-order valence-electron chi connectivity index (χ3n) is 4.04. The van der Waals surface area contributed by atoms with Crippen molar-refractivity contribution in [2.45, 2.75) is 105 Å². The van der Waals surface area contributed by atoms with Crippen LogP contribution in [0.3, 0.4) is 0 Å². The summed E-state index contributed by atoms with van der Waals surface area (Å²) in [5.41, 5.74) is -0.499. The topological polar surface area (TPSA) is 40.5 Å². The third kappa shape index (κ3) is 24.0. The summed E-state index contributed by atoms with van der Waals surface area (Å²) in [4.78, 5) is 0. The Bertz CT molecular complexity index is 264. The maximum atomic E-state index is 9.38. The number of aliphatic hydroxyl groups is 2. The van der Waals surface area contributed by atoms with Crippen LogP contribution in [0.2, 0.25) is 0 Å². The lowest BCUT2D eigenvalue weighted by Crippen LogP contribution is -2.18. The van der Waals surface area contributed by atoms with E-state index in [-0.39, 0.29) is 6.10 Å². The molecule has 2 nitrogen and oxygen atoms in total. The lowest BCUT2D eigenvalue weighted by Gasteiger charge is -2.17. The molecule has 140 valence electrons. The van der Waals surface area contributed by atoms with Crippen molar-refractivity contribution in [3.05, 3.63) is 12.7 Å². The highest BCUT2D eigenvalue weighted by atomic mass is 16.3. The molecule has 0 aliphatic heterocycles. The number of hydrogen-bond donors (Lipinski definition) is 2. The van der Waals surface area contributed by atoms with Gasteiger partial charge in [0.2, 0.25) is 0 Å². The second-order valence-electron chi connectivity index (χ2n) is 8.43. The molecule has 0 saturated heterocycles. The Morgan fingerprint density at radius 3 is 1.91 bits per heavy atom. The van der Waals surface area contributed by atoms with Crippen LogP contribution in [-0.4, -0.2) is 21.9 Å². The first-order chi connectivity index (χ1) is 10.5. The molecule has 0 amide bonds. The molecule has 0 radical (unpaired) electrons. The minimum atomic E-state index is -0.499. The number of allylic oxidation sites excluding steroid dienone is 1. The highest BCUT2D eigenvalue weighted by molar-refractivity contribution is 4.75. The van der Waals surface area contributed by atoms with Crippen LogP contribution in [-0.2, 0) is 0 Å². The van der Waals surface area contributed by atoms with E-state index in [4.69, 9.17) is 5.11 Å². The van der Waals surface area contributed by atoms with Crippen molar-refractivity contribution in [1.82, 2.24) is 0 Å². The van der Waals surface area contributed by atoms with Crippen LogP contribution in [0.1, 0.15) is 93.4 Å². The van der Waals surface area contributed by atoms with E-state index in [2.05, 4.69) is 34.3 Å². The molecule has 2 N–H and O–H groups in total. The molecule has 3 atom stereocenters. The molecule has 0 aromatic rings. The summed E-state index contributed by atoms with van der Waals surface area (Å²) in [5, 5.41) is 18.4. The average molecular weight is 329 g/mol. The lowest BCUT2D eigenvalue weighted by atomic mass is 9.94. The fourth-order valence-electron chi connectivity index (χ4n) is 2.66. The summed E-state index contributed by atoms with van der Waals surface area (Å²) in [6.07, 6.45) is 9.66. The molecule has 0 bridgehead atoms. The smallest absolute Gasteiger partial charge is 0.0591 e. The van der Waals surface area contributed by atoms with Crippen molar-refractivity contribution < 1.29 is 10.2 Å². The Morgan fingerprint density at radius 2 is 1.52 bits per heavy atom. The third-order valence-corrected chi connectivity index (χ3v) is 4.04. The van der Waals surface area contributed by atoms with Crippen molar-refractivity contribution in [2.24, 2.45) is 17.8 Å². The molecule has 23 heavy (non-hydrogen) atoms. The molecule has 2 heteroatoms. The number of aliphatic hydroxyl groups excluding tert-OH is 1. The maximum Gasteiger partial charge on any atom is 0.0591 e. The van der Waals surface area contributed by atoms with Gasteiger partial charge in [-0.1, -0.05) is 53.0 Å². The van der Waals surface area contributed by atoms with Gasteiger partial charge in [-0.05, 0) is 64.2 Å². The molecule has 0 rings (SSSR count). The van der Waals surface area contributed by atoms with Crippen molar-refractivity contribution in [1.29, 1.82) is 0 Å². The minimum Gasteiger partial charge on any atom is -0.393 e. The van der Waals surface area contributed by atoms with Gasteiger partial charge in [-0.25, -0.2) is 0 Å². The van der Waals surface area contributed by atoms with E-state index >= 15 is 0 Å². The second kappa shape index (κ2) is 14.0. The molecule has 0 heterocycles. The van der Waals surface area contributed by atoms with Gasteiger partial charge in [-0.2, -0.15) is 0 Å². The van der Waals surface area contributed by atoms with Gasteiger partial charge < -0.3 is 10.2 Å². The first-order valence-electron chi connectivity index (χ1n) is 9.50. The fourth-order valence-corrected chi connectivity index (χ4v) is 2.66. The van der Waals surface area contributed by atoms with Crippen molar-refractivity contribution in [2.75, 3.05) is 0 Å². The number of hydrogen-bond acceptors (Lipinski definition) is 2. The van der Waals surface area contributed by atoms with Gasteiger partial charge in [-0.15, -0.1) is 6.58 Å². The Kier molecular flexibility index (Phi) is 15.2. The zero-order valence-electron chi connectivity index (χ0n) is 16.9. The summed E-state index contributed by atoms with van der Waals surface area (Å²) in [5.74, 6) is 2.22. The number of rotatable bonds is 11. The van der Waals surface area contributed by atoms with E-state index in [1.807, 2.05) is 26.8 Å². The summed E-state index contributed by atoms with van der Waals surface area (Å²) >= 11 is 0. The Balaban J connectivity index is 0. The first-order valence-corrected chi connectivity index (χ1v) is 9.50. The normalized spacial score (nSPS) is 15.6. The SMILES string of the molecule is C=CC(C)CCCC(C)(C)O.CC(C)CC(C)CCCC(C)O. The van der Waals surface area contributed by atoms with E-state index in [0.717, 1.165) is 37.5 Å². The van der Waals surface area contributed by atoms with E-state index in [1.165, 1.54) is 19.3 Å². The fraction of sp³-hybridized carbons (Fsp3) is 0.905. The Labute approximate surface area is 146 Å². The first kappa shape index (κ1) is 24.9. The molecular weight excluding hydrogens is 284 g/mol. The van der Waals surface area contributed by atoms with Gasteiger partial charge >= 0.3 is 0 Å². The zero-order chi connectivity index (χ0) is 18.5. The molecular formula is C21H44O2. The van der Waals surface area contributed by atoms with Crippen LogP contribution < -0.4 is 0 Å². The average Bonchev–Trinajstić information content (AvgIpc) is 2.36. The molecule has 0 fully saturated rings. The quantitative estimate of drug-likeness (QED) is 0.459. The summed E-state index contributed by atoms with van der Waals surface area (Å²) < 4.78 is 0. The van der Waals surface area contributed by atoms with Crippen LogP contribution in [0.4, 0.5) is 0 Å². The van der Waals surface area contributed by atoms with Gasteiger partial charge in [0.15, 0.2) is 0 Å². The highest BCUT2D eigenvalue weighted by Gasteiger charge is 2.11. The molecule has 0 saturated carbocycles. The summed E-state index contributed by atoms with van der Waals surface area (Å²) in [6.45, 7) is 18.3. The van der Waals surface area contributed by atoms with E-state index in [1.54, 1.807) is 0 Å². The predicted molar refractivity (Wildman–Crippen MR) is 104 cm³/mol. The molecule has 0 aromatic carbocycles. The van der Waals surface area contributed by atoms with Crippen LogP contribution in [0.5, 0.6) is 0 Å². The molecule has 3 unspecified atom stereocenters. The Morgan fingerprint density at radius 1 is 0.957 bits per heavy atom. The van der Waals surface area contributed by atoms with Crippen LogP contribution in [0, 0.1) is 17.8 Å². The monoisotopic (exact) mass is 328 g/mol. The van der Waals surface area contributed by atoms with Gasteiger partial charge in [0.1, 0.15) is 0 Å². The van der Waals surface area contributed by atoms with Crippen LogP contribution in [0.15, 0.2) is 12.7 Å². The van der Waals surface area contributed by atoms with Gasteiger partial charge in [0, 0.05) is 0 Å². The lowest BCUT2D eigenvalue weighted by molar-refractivity contribution is 0.0675. The second-order valence-corrected chi connectivity index (χ2v) is 8.43. The largest absolute Gasteiger partial charge is 0.393 e. The standard InChI is InChI=1S/C11H24O.C10H20O/c1-9(2)8-10(3)6-5-7-11(4)12;1-5-9(2)7-6-8-10(3,4)11/h9-12H,5-8H2,1-4H3;5,9,11H,1,6-8H2,2-4H3. The molecule has 0 aliphatic carbocycles. The Hall–Kier alpha value is -0.340. The van der Waals surface area contributed by atoms with Gasteiger partial charge in [-0.3, -0.25) is 0 Å². The van der Waals surface area contributed by atoms with Gasteiger partial charge in [0.25, 0.3) is 0 Å². The zero-order valence-corrected chi connectivity index (χ0v) is 16.9. The maximum absolute atomic E-state index is 9.38. The van der Waals surface area contributed by atoms with E-state index < -0.39 is 5.60 Å². The van der Waals surface area contributed by atoms with Crippen molar-refractivity contribution in [3.63, 3.8) is 0 Å². The molecule has 0 aromatic heterocycles. The van der Waals surface area contributed by atoms with Crippen LogP contribution >= 0.6 is 0 Å². The highest BCUT2D eigenvalue weighted by Crippen LogP contribution is 2.17.